The van der Waals surface area contributed by atoms with Gasteiger partial charge in [0.25, 0.3) is 5.91 Å². The summed E-state index contributed by atoms with van der Waals surface area (Å²) in [6.07, 6.45) is -0.519. The van der Waals surface area contributed by atoms with Crippen LogP contribution in [-0.2, 0) is 16.0 Å². The number of carbonyl (C=O) groups is 2. The molecule has 2 N–H and O–H groups in total. The number of ether oxygens (including phenoxy) is 1. The average Bonchev–Trinajstić information content (AvgIpc) is 2.79. The molecule has 1 aliphatic heterocycles. The highest BCUT2D eigenvalue weighted by molar-refractivity contribution is 7.12. The number of carbonyl (C=O) groups excluding carboxylic acids is 1. The zero-order valence-corrected chi connectivity index (χ0v) is 13.0. The van der Waals surface area contributed by atoms with E-state index < -0.39 is 12.1 Å². The van der Waals surface area contributed by atoms with E-state index in [4.69, 9.17) is 9.84 Å². The summed E-state index contributed by atoms with van der Waals surface area (Å²) in [5, 5.41) is 11.8. The van der Waals surface area contributed by atoms with Gasteiger partial charge in [-0.2, -0.15) is 0 Å². The second-order valence-electron chi connectivity index (χ2n) is 5.22. The van der Waals surface area contributed by atoms with Gasteiger partial charge >= 0.3 is 5.97 Å². The Labute approximate surface area is 131 Å². The van der Waals surface area contributed by atoms with Crippen LogP contribution in [0.1, 0.15) is 16.7 Å². The number of anilines is 1. The number of hydrogen-bond donors (Lipinski definition) is 2. The van der Waals surface area contributed by atoms with Gasteiger partial charge in [-0.3, -0.25) is 9.59 Å². The van der Waals surface area contributed by atoms with Gasteiger partial charge in [-0.25, -0.2) is 0 Å². The lowest BCUT2D eigenvalue weighted by Crippen LogP contribution is -2.34. The molecule has 1 amide bonds. The molecule has 1 unspecified atom stereocenters. The lowest BCUT2D eigenvalue weighted by Gasteiger charge is -2.23. The highest BCUT2D eigenvalue weighted by atomic mass is 32.1. The van der Waals surface area contributed by atoms with E-state index in [9.17, 15) is 9.59 Å². The zero-order chi connectivity index (χ0) is 15.9. The molecule has 1 atom stereocenters. The lowest BCUT2D eigenvalue weighted by atomic mass is 10.0. The third-order valence-electron chi connectivity index (χ3n) is 3.47. The molecule has 0 fully saturated rings. The van der Waals surface area contributed by atoms with Gasteiger partial charge in [-0.1, -0.05) is 6.07 Å². The minimum absolute atomic E-state index is 0.00911. The van der Waals surface area contributed by atoms with Crippen LogP contribution in [0.25, 0.3) is 11.1 Å². The number of fused-ring (bicyclic) bond motifs is 1. The number of amides is 1. The standard InChI is InChI=1S/C16H15NO4S/c1-8-5-11(14(22-8)7-15(18)19)10-3-4-13-12(6-10)17-16(20)9(2)21-13/h3-6,9H,7H2,1-2H3,(H,17,20)(H,18,19). The van der Waals surface area contributed by atoms with Crippen LogP contribution in [0.15, 0.2) is 24.3 Å². The second-order valence-corrected chi connectivity index (χ2v) is 6.57. The van der Waals surface area contributed by atoms with Crippen LogP contribution >= 0.6 is 11.3 Å². The fourth-order valence-corrected chi connectivity index (χ4v) is 3.50. The van der Waals surface area contributed by atoms with Crippen molar-refractivity contribution in [2.75, 3.05) is 5.32 Å². The number of benzene rings is 1. The molecule has 22 heavy (non-hydrogen) atoms. The van der Waals surface area contributed by atoms with E-state index in [0.29, 0.717) is 11.4 Å². The number of rotatable bonds is 3. The molecule has 3 rings (SSSR count). The molecule has 0 bridgehead atoms. The largest absolute Gasteiger partial charge is 0.481 e. The molecule has 1 aliphatic rings. The number of carboxylic acid groups (broad SMARTS) is 1. The van der Waals surface area contributed by atoms with E-state index in [1.807, 2.05) is 25.1 Å². The maximum atomic E-state index is 11.7. The molecule has 5 nitrogen and oxygen atoms in total. The van der Waals surface area contributed by atoms with E-state index >= 15 is 0 Å². The first-order chi connectivity index (χ1) is 10.4. The van der Waals surface area contributed by atoms with E-state index in [0.717, 1.165) is 20.9 Å². The Kier molecular flexibility index (Phi) is 3.62. The maximum absolute atomic E-state index is 11.7. The summed E-state index contributed by atoms with van der Waals surface area (Å²) in [7, 11) is 0. The Hall–Kier alpha value is -2.34. The molecular weight excluding hydrogens is 302 g/mol. The molecule has 1 aromatic carbocycles. The number of aliphatic carboxylic acids is 1. The number of aryl methyl sites for hydroxylation is 1. The summed E-state index contributed by atoms with van der Waals surface area (Å²) in [6.45, 7) is 3.64. The monoisotopic (exact) mass is 317 g/mol. The highest BCUT2D eigenvalue weighted by Crippen LogP contribution is 2.37. The van der Waals surface area contributed by atoms with E-state index in [2.05, 4.69) is 5.32 Å². The van der Waals surface area contributed by atoms with Crippen LogP contribution in [0.4, 0.5) is 5.69 Å². The van der Waals surface area contributed by atoms with Crippen molar-refractivity contribution in [1.29, 1.82) is 0 Å². The Morgan fingerprint density at radius 3 is 2.91 bits per heavy atom. The minimum Gasteiger partial charge on any atom is -0.481 e. The molecular formula is C16H15NO4S. The summed E-state index contributed by atoms with van der Waals surface area (Å²) >= 11 is 1.48. The molecule has 114 valence electrons. The topological polar surface area (TPSA) is 75.6 Å². The molecule has 2 heterocycles. The Morgan fingerprint density at radius 2 is 2.18 bits per heavy atom. The Balaban J connectivity index is 2.02. The normalized spacial score (nSPS) is 16.6. The number of thiophene rings is 1. The summed E-state index contributed by atoms with van der Waals surface area (Å²) in [5.41, 5.74) is 2.38. The minimum atomic E-state index is -0.855. The average molecular weight is 317 g/mol. The van der Waals surface area contributed by atoms with E-state index in [1.54, 1.807) is 13.0 Å². The summed E-state index contributed by atoms with van der Waals surface area (Å²) in [5.74, 6) is -0.411. The van der Waals surface area contributed by atoms with Crippen LogP contribution < -0.4 is 10.1 Å². The Bertz CT molecular complexity index is 766. The van der Waals surface area contributed by atoms with Crippen molar-refractivity contribution in [2.24, 2.45) is 0 Å². The molecule has 2 aromatic rings. The zero-order valence-electron chi connectivity index (χ0n) is 12.2. The van der Waals surface area contributed by atoms with Gasteiger partial charge in [0.15, 0.2) is 6.10 Å². The first kappa shape index (κ1) is 14.6. The predicted molar refractivity (Wildman–Crippen MR) is 84.6 cm³/mol. The van der Waals surface area contributed by atoms with Crippen LogP contribution in [-0.4, -0.2) is 23.1 Å². The molecule has 1 aromatic heterocycles. The summed E-state index contributed by atoms with van der Waals surface area (Å²) < 4.78 is 5.53. The second kappa shape index (κ2) is 5.46. The molecule has 0 radical (unpaired) electrons. The number of nitrogens with one attached hydrogen (secondary N) is 1. The van der Waals surface area contributed by atoms with Gasteiger partial charge in [0.1, 0.15) is 5.75 Å². The van der Waals surface area contributed by atoms with E-state index in [-0.39, 0.29) is 12.3 Å². The van der Waals surface area contributed by atoms with Crippen LogP contribution in [0.3, 0.4) is 0 Å². The molecule has 0 saturated heterocycles. The molecule has 0 aliphatic carbocycles. The number of carboxylic acids is 1. The van der Waals surface area contributed by atoms with E-state index in [1.165, 1.54) is 11.3 Å². The summed E-state index contributed by atoms with van der Waals surface area (Å²) in [6, 6.07) is 7.48. The van der Waals surface area contributed by atoms with Crippen molar-refractivity contribution in [3.8, 4) is 16.9 Å². The van der Waals surface area contributed by atoms with Crippen LogP contribution in [0, 0.1) is 6.92 Å². The first-order valence-electron chi connectivity index (χ1n) is 6.87. The van der Waals surface area contributed by atoms with Crippen molar-refractivity contribution >= 4 is 28.9 Å². The fraction of sp³-hybridized carbons (Fsp3) is 0.250. The first-order valence-corrected chi connectivity index (χ1v) is 7.68. The van der Waals surface area contributed by atoms with Crippen LogP contribution in [0.5, 0.6) is 5.75 Å². The smallest absolute Gasteiger partial charge is 0.308 e. The van der Waals surface area contributed by atoms with Gasteiger partial charge < -0.3 is 15.2 Å². The van der Waals surface area contributed by atoms with Gasteiger partial charge in [0, 0.05) is 9.75 Å². The van der Waals surface area contributed by atoms with Gasteiger partial charge in [0.05, 0.1) is 12.1 Å². The maximum Gasteiger partial charge on any atom is 0.308 e. The fourth-order valence-electron chi connectivity index (χ4n) is 2.45. The predicted octanol–water partition coefficient (Wildman–Crippen LogP) is 3.07. The highest BCUT2D eigenvalue weighted by Gasteiger charge is 2.24. The SMILES string of the molecule is Cc1cc(-c2ccc3c(c2)NC(=O)C(C)O3)c(CC(=O)O)s1. The Morgan fingerprint density at radius 1 is 1.41 bits per heavy atom. The molecule has 0 saturated carbocycles. The van der Waals surface area contributed by atoms with Crippen molar-refractivity contribution in [1.82, 2.24) is 0 Å². The quantitative estimate of drug-likeness (QED) is 0.912. The van der Waals surface area contributed by atoms with Gasteiger partial charge in [-0.05, 0) is 43.2 Å². The van der Waals surface area contributed by atoms with Crippen LogP contribution in [0.2, 0.25) is 0 Å². The third kappa shape index (κ3) is 2.69. The van der Waals surface area contributed by atoms with Crippen molar-refractivity contribution in [2.45, 2.75) is 26.4 Å². The van der Waals surface area contributed by atoms with Crippen molar-refractivity contribution < 1.29 is 19.4 Å². The van der Waals surface area contributed by atoms with Gasteiger partial charge in [-0.15, -0.1) is 11.3 Å². The molecule has 6 heteroatoms. The summed E-state index contributed by atoms with van der Waals surface area (Å²) in [4.78, 5) is 24.6. The third-order valence-corrected chi connectivity index (χ3v) is 4.52. The van der Waals surface area contributed by atoms with Crippen molar-refractivity contribution in [3.63, 3.8) is 0 Å². The molecule has 0 spiro atoms. The number of hydrogen-bond acceptors (Lipinski definition) is 4. The van der Waals surface area contributed by atoms with Crippen molar-refractivity contribution in [3.05, 3.63) is 34.0 Å². The lowest BCUT2D eigenvalue weighted by molar-refractivity contribution is -0.136. The van der Waals surface area contributed by atoms with Gasteiger partial charge in [0.2, 0.25) is 0 Å².